The summed E-state index contributed by atoms with van der Waals surface area (Å²) in [4.78, 5) is 54.8. The second kappa shape index (κ2) is 15.1. The molecular weight excluding hydrogens is 738 g/mol. The van der Waals surface area contributed by atoms with E-state index in [4.69, 9.17) is 16.3 Å². The van der Waals surface area contributed by atoms with Crippen LogP contribution in [-0.4, -0.2) is 57.5 Å². The van der Waals surface area contributed by atoms with Gasteiger partial charge in [-0.2, -0.15) is 0 Å². The molecule has 1 aromatic rings. The Kier molecular flexibility index (Phi) is 11.6. The van der Waals surface area contributed by atoms with Crippen LogP contribution in [0.2, 0.25) is 5.02 Å². The van der Waals surface area contributed by atoms with Crippen molar-refractivity contribution in [3.63, 3.8) is 0 Å². The summed E-state index contributed by atoms with van der Waals surface area (Å²) >= 11 is 6.19. The van der Waals surface area contributed by atoms with E-state index in [-0.39, 0.29) is 70.2 Å². The molecule has 0 heterocycles. The maximum absolute atomic E-state index is 14.3. The van der Waals surface area contributed by atoms with Gasteiger partial charge in [0, 0.05) is 41.3 Å². The van der Waals surface area contributed by atoms with E-state index < -0.39 is 28.9 Å². The van der Waals surface area contributed by atoms with Gasteiger partial charge >= 0.3 is 11.9 Å². The van der Waals surface area contributed by atoms with Crippen LogP contribution < -0.4 is 0 Å². The number of fused-ring (bicyclic) bond motifs is 7. The highest BCUT2D eigenvalue weighted by Crippen LogP contribution is 2.77. The highest BCUT2D eigenvalue weighted by molar-refractivity contribution is 6.30. The Labute approximate surface area is 346 Å². The Hall–Kier alpha value is -2.71. The molecule has 8 nitrogen and oxygen atoms in total. The van der Waals surface area contributed by atoms with Crippen LogP contribution >= 0.6 is 11.6 Å². The average Bonchev–Trinajstić information content (AvgIpc) is 3.43. The molecular formula is C48H70ClNO7. The highest BCUT2D eigenvalue weighted by Gasteiger charge is 2.71. The van der Waals surface area contributed by atoms with E-state index in [2.05, 4.69) is 48.5 Å². The van der Waals surface area contributed by atoms with E-state index in [9.17, 15) is 29.4 Å². The minimum atomic E-state index is -1.18. The van der Waals surface area contributed by atoms with Gasteiger partial charge in [0.05, 0.1) is 17.9 Å². The van der Waals surface area contributed by atoms with Gasteiger partial charge in [-0.3, -0.25) is 19.2 Å². The number of carboxylic acids is 1. The van der Waals surface area contributed by atoms with Crippen molar-refractivity contribution in [2.75, 3.05) is 6.54 Å². The second-order valence-corrected chi connectivity index (χ2v) is 22.0. The first-order valence-corrected chi connectivity index (χ1v) is 22.2. The Morgan fingerprint density at radius 1 is 0.895 bits per heavy atom. The molecule has 4 fully saturated rings. The molecule has 9 heteroatoms. The van der Waals surface area contributed by atoms with Crippen LogP contribution in [0.4, 0.5) is 0 Å². The summed E-state index contributed by atoms with van der Waals surface area (Å²) in [6.45, 7) is 23.7. The summed E-state index contributed by atoms with van der Waals surface area (Å²) in [5.41, 5.74) is 0.788. The number of aliphatic hydroxyl groups is 1. The molecule has 316 valence electrons. The van der Waals surface area contributed by atoms with Crippen molar-refractivity contribution in [1.29, 1.82) is 0 Å². The maximum atomic E-state index is 14.3. The van der Waals surface area contributed by atoms with E-state index in [1.807, 2.05) is 38.1 Å². The lowest BCUT2D eigenvalue weighted by molar-refractivity contribution is -0.235. The van der Waals surface area contributed by atoms with Gasteiger partial charge in [0.1, 0.15) is 6.10 Å². The highest BCUT2D eigenvalue weighted by atomic mass is 35.5. The summed E-state index contributed by atoms with van der Waals surface area (Å²) in [5.74, 6) is -0.598. The molecule has 0 aromatic heterocycles. The van der Waals surface area contributed by atoms with Gasteiger partial charge in [-0.1, -0.05) is 91.6 Å². The van der Waals surface area contributed by atoms with Crippen LogP contribution in [0.1, 0.15) is 146 Å². The Balaban J connectivity index is 1.30. The normalized spacial score (nSPS) is 35.2. The number of carbonyl (C=O) groups excluding carboxylic acids is 3. The number of amides is 1. The molecule has 5 aliphatic carbocycles. The minimum absolute atomic E-state index is 0.0155. The zero-order valence-corrected chi connectivity index (χ0v) is 37.4. The molecule has 57 heavy (non-hydrogen) atoms. The first-order valence-electron chi connectivity index (χ1n) is 21.8. The van der Waals surface area contributed by atoms with Crippen LogP contribution in [0.3, 0.4) is 0 Å². The molecule has 4 saturated carbocycles. The fourth-order valence-electron chi connectivity index (χ4n) is 13.7. The number of rotatable bonds is 11. The summed E-state index contributed by atoms with van der Waals surface area (Å²) in [7, 11) is 0. The number of aliphatic carboxylic acids is 1. The lowest BCUT2D eigenvalue weighted by Crippen LogP contribution is -2.66. The molecule has 6 rings (SSSR count). The zero-order valence-electron chi connectivity index (χ0n) is 36.6. The lowest BCUT2D eigenvalue weighted by atomic mass is 9.33. The van der Waals surface area contributed by atoms with E-state index in [1.54, 1.807) is 18.7 Å². The summed E-state index contributed by atoms with van der Waals surface area (Å²) in [5, 5.41) is 22.9. The summed E-state index contributed by atoms with van der Waals surface area (Å²) in [6.07, 6.45) is 6.32. The first-order chi connectivity index (χ1) is 26.4. The zero-order chi connectivity index (χ0) is 42.3. The molecule has 2 N–H and O–H groups in total. The third-order valence-corrected chi connectivity index (χ3v) is 17.2. The van der Waals surface area contributed by atoms with Crippen LogP contribution in [0.25, 0.3) is 0 Å². The first kappa shape index (κ1) is 43.9. The molecule has 0 aliphatic heterocycles. The van der Waals surface area contributed by atoms with E-state index in [0.717, 1.165) is 56.1 Å². The smallest absolute Gasteiger partial charge is 0.309 e. The Morgan fingerprint density at radius 2 is 1.54 bits per heavy atom. The molecule has 1 amide bonds. The number of ether oxygens (including phenoxy) is 1. The molecule has 9 atom stereocenters. The molecule has 1 unspecified atom stereocenters. The molecule has 0 bridgehead atoms. The van der Waals surface area contributed by atoms with Crippen molar-refractivity contribution in [1.82, 2.24) is 4.90 Å². The van der Waals surface area contributed by atoms with Crippen molar-refractivity contribution < 1.29 is 34.1 Å². The van der Waals surface area contributed by atoms with Gasteiger partial charge in [0.2, 0.25) is 5.91 Å². The number of aliphatic hydroxyl groups excluding tert-OH is 1. The van der Waals surface area contributed by atoms with Gasteiger partial charge in [-0.05, 0) is 128 Å². The summed E-state index contributed by atoms with van der Waals surface area (Å²) in [6, 6.07) is 7.52. The van der Waals surface area contributed by atoms with Crippen LogP contribution in [0, 0.1) is 62.1 Å². The van der Waals surface area contributed by atoms with Crippen LogP contribution in [0.15, 0.2) is 35.4 Å². The molecule has 5 aliphatic rings. The largest absolute Gasteiger partial charge is 0.481 e. The third-order valence-electron chi connectivity index (χ3n) is 17.0. The van der Waals surface area contributed by atoms with Crippen LogP contribution in [0.5, 0.6) is 0 Å². The van der Waals surface area contributed by atoms with Crippen molar-refractivity contribution in [2.24, 2.45) is 62.1 Å². The number of halogens is 1. The molecule has 0 spiro atoms. The number of benzene rings is 1. The second-order valence-electron chi connectivity index (χ2n) is 21.6. The fraction of sp³-hybridized carbons (Fsp3) is 0.750. The van der Waals surface area contributed by atoms with Gasteiger partial charge < -0.3 is 19.8 Å². The van der Waals surface area contributed by atoms with Crippen molar-refractivity contribution in [3.8, 4) is 0 Å². The number of ketones is 1. The van der Waals surface area contributed by atoms with Gasteiger partial charge in [0.15, 0.2) is 5.78 Å². The number of hydrogen-bond donors (Lipinski definition) is 2. The number of nitrogens with zero attached hydrogens (tertiary/aromatic N) is 1. The van der Waals surface area contributed by atoms with E-state index in [0.29, 0.717) is 36.2 Å². The number of carbonyl (C=O) groups is 4. The number of Topliss-reactive ketones (excluding diaryl/α,β-unsaturated/α-hetero) is 1. The van der Waals surface area contributed by atoms with Gasteiger partial charge in [-0.25, -0.2) is 0 Å². The molecule has 0 saturated heterocycles. The molecule has 1 aromatic carbocycles. The summed E-state index contributed by atoms with van der Waals surface area (Å²) < 4.78 is 6.18. The fourth-order valence-corrected chi connectivity index (χ4v) is 13.8. The Morgan fingerprint density at radius 3 is 2.14 bits per heavy atom. The van der Waals surface area contributed by atoms with E-state index in [1.165, 1.54) is 5.57 Å². The standard InChI is InChI=1S/C48H70ClNO7/c1-28(2)39-33(51)24-48(36(52)27-50(41(54)29(3)4)26-30-12-14-31(49)15-13-30)23-22-46(10)32(40(39)48)16-17-35-45(9)20-19-37(57-38(53)25-43(5,6)42(55)56)44(7,8)34(45)18-21-47(35,46)11/h12-15,28-29,32,34-37,52H,16-27H2,1-11H3,(H,55,56)/t32?,34-,35+,36-,37-,45-,46+,47+,48+/m0/s1. The SMILES string of the molecule is CC(C)C(=O)N(Cc1ccc(Cl)cc1)C[C@H](O)[C@]12CC[C@]3(C)C(CC[C@@H]4[C@@]5(C)CC[C@H](OC(=O)CC(C)(C)C(=O)O)C(C)(C)[C@@H]5CC[C@]43C)C1=C(C(C)C)C(=O)C2. The number of allylic oxidation sites excluding steroid dienone is 1. The average molecular weight is 809 g/mol. The monoisotopic (exact) mass is 807 g/mol. The quantitative estimate of drug-likeness (QED) is 0.214. The number of hydrogen-bond acceptors (Lipinski definition) is 6. The minimum Gasteiger partial charge on any atom is -0.481 e. The Bertz CT molecular complexity index is 1800. The number of carboxylic acid groups (broad SMARTS) is 1. The maximum Gasteiger partial charge on any atom is 0.309 e. The van der Waals surface area contributed by atoms with Crippen molar-refractivity contribution in [2.45, 2.75) is 159 Å². The third kappa shape index (κ3) is 7.12. The topological polar surface area (TPSA) is 121 Å². The van der Waals surface area contributed by atoms with E-state index >= 15 is 0 Å². The van der Waals surface area contributed by atoms with Crippen molar-refractivity contribution in [3.05, 3.63) is 46.0 Å². The van der Waals surface area contributed by atoms with Gasteiger partial charge in [-0.15, -0.1) is 0 Å². The van der Waals surface area contributed by atoms with Gasteiger partial charge in [0.25, 0.3) is 0 Å². The lowest BCUT2D eigenvalue weighted by Gasteiger charge is -2.72. The predicted molar refractivity (Wildman–Crippen MR) is 223 cm³/mol. The predicted octanol–water partition coefficient (Wildman–Crippen LogP) is 10.1. The van der Waals surface area contributed by atoms with Crippen molar-refractivity contribution >= 4 is 35.2 Å². The van der Waals surface area contributed by atoms with Crippen LogP contribution in [-0.2, 0) is 30.5 Å². The molecule has 0 radical (unpaired) electrons. The number of esters is 1.